The van der Waals surface area contributed by atoms with Crippen molar-refractivity contribution in [1.82, 2.24) is 0 Å². The lowest BCUT2D eigenvalue weighted by molar-refractivity contribution is 0.446. The van der Waals surface area contributed by atoms with Gasteiger partial charge in [-0.1, -0.05) is 0 Å². The second kappa shape index (κ2) is 5.09. The van der Waals surface area contributed by atoms with Crippen molar-refractivity contribution in [2.75, 3.05) is 5.32 Å². The third-order valence-corrected chi connectivity index (χ3v) is 2.54. The first-order valence-corrected chi connectivity index (χ1v) is 5.36. The number of halogens is 3. The van der Waals surface area contributed by atoms with Crippen LogP contribution in [0.15, 0.2) is 30.3 Å². The second-order valence-electron chi connectivity index (χ2n) is 3.92. The molecule has 0 saturated carbocycles. The van der Waals surface area contributed by atoms with Gasteiger partial charge in [-0.2, -0.15) is 0 Å². The van der Waals surface area contributed by atoms with Gasteiger partial charge in [-0.05, 0) is 12.1 Å². The second-order valence-corrected chi connectivity index (χ2v) is 3.92. The minimum absolute atomic E-state index is 0.0453. The lowest BCUT2D eigenvalue weighted by Crippen LogP contribution is -2.02. The Morgan fingerprint density at radius 3 is 2.16 bits per heavy atom. The van der Waals surface area contributed by atoms with Crippen LogP contribution in [0, 0.1) is 17.5 Å². The highest BCUT2D eigenvalue weighted by Gasteiger charge is 2.10. The summed E-state index contributed by atoms with van der Waals surface area (Å²) in [6.07, 6.45) is 0. The minimum atomic E-state index is -1.53. The van der Waals surface area contributed by atoms with Gasteiger partial charge in [-0.25, -0.2) is 13.2 Å². The summed E-state index contributed by atoms with van der Waals surface area (Å²) in [5.74, 6) is -4.37. The van der Waals surface area contributed by atoms with Gasteiger partial charge in [-0.3, -0.25) is 0 Å². The minimum Gasteiger partial charge on any atom is -0.508 e. The maximum atomic E-state index is 13.0. The number of nitrogens with one attached hydrogen (secondary N) is 1. The summed E-state index contributed by atoms with van der Waals surface area (Å²) < 4.78 is 38.7. The predicted octanol–water partition coefficient (Wildman–Crippen LogP) is 3.13. The van der Waals surface area contributed by atoms with Crippen LogP contribution in [-0.4, -0.2) is 10.2 Å². The summed E-state index contributed by atoms with van der Waals surface area (Å²) in [6.45, 7) is 0.0661. The lowest BCUT2D eigenvalue weighted by Gasteiger charge is -2.09. The number of aromatic hydroxyl groups is 2. The standard InChI is InChI=1S/C13H10F3NO2/c14-10-3-8(4-11(15)13(10)16)17-6-7-1-2-9(18)5-12(7)19/h1-5,17-19H,6H2. The third kappa shape index (κ3) is 2.90. The Balaban J connectivity index is 2.14. The van der Waals surface area contributed by atoms with Gasteiger partial charge < -0.3 is 15.5 Å². The van der Waals surface area contributed by atoms with Gasteiger partial charge in [-0.15, -0.1) is 0 Å². The molecule has 3 nitrogen and oxygen atoms in total. The fourth-order valence-electron chi connectivity index (χ4n) is 1.56. The van der Waals surface area contributed by atoms with Gasteiger partial charge >= 0.3 is 0 Å². The molecule has 19 heavy (non-hydrogen) atoms. The van der Waals surface area contributed by atoms with Gasteiger partial charge in [0, 0.05) is 36.0 Å². The number of phenolic OH excluding ortho intramolecular Hbond substituents is 2. The van der Waals surface area contributed by atoms with E-state index >= 15 is 0 Å². The van der Waals surface area contributed by atoms with Crippen molar-refractivity contribution in [1.29, 1.82) is 0 Å². The molecule has 0 bridgehead atoms. The average Bonchev–Trinajstić information content (AvgIpc) is 2.34. The van der Waals surface area contributed by atoms with Gasteiger partial charge in [0.2, 0.25) is 0 Å². The number of hydrogen-bond acceptors (Lipinski definition) is 3. The Morgan fingerprint density at radius 1 is 0.947 bits per heavy atom. The van der Waals surface area contributed by atoms with Crippen molar-refractivity contribution in [3.63, 3.8) is 0 Å². The van der Waals surface area contributed by atoms with Crippen LogP contribution in [0.1, 0.15) is 5.56 Å². The number of anilines is 1. The van der Waals surface area contributed by atoms with Crippen molar-refractivity contribution >= 4 is 5.69 Å². The Bertz CT molecular complexity index is 594. The van der Waals surface area contributed by atoms with Crippen LogP contribution in [0.2, 0.25) is 0 Å². The predicted molar refractivity (Wildman–Crippen MR) is 63.4 cm³/mol. The molecule has 0 amide bonds. The molecule has 0 aliphatic rings. The zero-order valence-electron chi connectivity index (χ0n) is 9.62. The van der Waals surface area contributed by atoms with Crippen molar-refractivity contribution in [3.05, 3.63) is 53.3 Å². The highest BCUT2D eigenvalue weighted by molar-refractivity contribution is 5.47. The Hall–Kier alpha value is -2.37. The van der Waals surface area contributed by atoms with Crippen molar-refractivity contribution < 1.29 is 23.4 Å². The molecule has 2 rings (SSSR count). The molecule has 3 N–H and O–H groups in total. The Labute approximate surface area is 106 Å². The van der Waals surface area contributed by atoms with Gasteiger partial charge in [0.25, 0.3) is 0 Å². The molecule has 100 valence electrons. The monoisotopic (exact) mass is 269 g/mol. The number of phenols is 2. The summed E-state index contributed by atoms with van der Waals surface area (Å²) in [4.78, 5) is 0. The van der Waals surface area contributed by atoms with E-state index < -0.39 is 17.5 Å². The third-order valence-electron chi connectivity index (χ3n) is 2.54. The summed E-state index contributed by atoms with van der Waals surface area (Å²) in [7, 11) is 0. The molecule has 0 atom stereocenters. The summed E-state index contributed by atoms with van der Waals surface area (Å²) in [6, 6.07) is 5.59. The molecule has 6 heteroatoms. The molecule has 0 aliphatic heterocycles. The summed E-state index contributed by atoms with van der Waals surface area (Å²) in [5.41, 5.74) is 0.465. The van der Waals surface area contributed by atoms with Crippen LogP contribution in [0.5, 0.6) is 11.5 Å². The van der Waals surface area contributed by atoms with Crippen LogP contribution in [0.3, 0.4) is 0 Å². The smallest absolute Gasteiger partial charge is 0.194 e. The maximum Gasteiger partial charge on any atom is 0.194 e. The number of benzene rings is 2. The van der Waals surface area contributed by atoms with Crippen LogP contribution in [0.4, 0.5) is 18.9 Å². The van der Waals surface area contributed by atoms with Crippen molar-refractivity contribution in [2.24, 2.45) is 0 Å². The van der Waals surface area contributed by atoms with Gasteiger partial charge in [0.1, 0.15) is 11.5 Å². The fourth-order valence-corrected chi connectivity index (χ4v) is 1.56. The van der Waals surface area contributed by atoms with E-state index in [-0.39, 0.29) is 23.7 Å². The first-order chi connectivity index (χ1) is 8.97. The molecule has 2 aromatic rings. The molecule has 0 unspecified atom stereocenters. The van der Waals surface area contributed by atoms with Crippen molar-refractivity contribution in [2.45, 2.75) is 6.54 Å². The molecule has 0 saturated heterocycles. The highest BCUT2D eigenvalue weighted by Crippen LogP contribution is 2.24. The first kappa shape index (κ1) is 13.1. The van der Waals surface area contributed by atoms with Crippen molar-refractivity contribution in [3.8, 4) is 11.5 Å². The molecule has 0 heterocycles. The first-order valence-electron chi connectivity index (χ1n) is 5.36. The quantitative estimate of drug-likeness (QED) is 0.750. The van der Waals surface area contributed by atoms with Crippen LogP contribution >= 0.6 is 0 Å². The molecule has 0 fully saturated rings. The molecule has 0 spiro atoms. The van der Waals surface area contributed by atoms with E-state index in [1.165, 1.54) is 12.1 Å². The molecular weight excluding hydrogens is 259 g/mol. The maximum absolute atomic E-state index is 13.0. The average molecular weight is 269 g/mol. The molecule has 2 aromatic carbocycles. The topological polar surface area (TPSA) is 52.5 Å². The van der Waals surface area contributed by atoms with Gasteiger partial charge in [0.05, 0.1) is 0 Å². The van der Waals surface area contributed by atoms with E-state index in [4.69, 9.17) is 5.11 Å². The van der Waals surface area contributed by atoms with E-state index in [0.717, 1.165) is 18.2 Å². The summed E-state index contributed by atoms with van der Waals surface area (Å²) >= 11 is 0. The molecule has 0 aromatic heterocycles. The largest absolute Gasteiger partial charge is 0.508 e. The number of rotatable bonds is 3. The molecule has 0 aliphatic carbocycles. The zero-order valence-corrected chi connectivity index (χ0v) is 9.62. The van der Waals surface area contributed by atoms with Crippen LogP contribution in [0.25, 0.3) is 0 Å². The van der Waals surface area contributed by atoms with Gasteiger partial charge in [0.15, 0.2) is 17.5 Å². The lowest BCUT2D eigenvalue weighted by atomic mass is 10.2. The normalized spacial score (nSPS) is 10.5. The fraction of sp³-hybridized carbons (Fsp3) is 0.0769. The zero-order chi connectivity index (χ0) is 14.0. The van der Waals surface area contributed by atoms with E-state index in [0.29, 0.717) is 5.56 Å². The highest BCUT2D eigenvalue weighted by atomic mass is 19.2. The van der Waals surface area contributed by atoms with Crippen LogP contribution < -0.4 is 5.32 Å². The van der Waals surface area contributed by atoms with E-state index in [2.05, 4.69) is 5.32 Å². The molecule has 0 radical (unpaired) electrons. The Morgan fingerprint density at radius 2 is 1.58 bits per heavy atom. The molecular formula is C13H10F3NO2. The van der Waals surface area contributed by atoms with E-state index in [9.17, 15) is 18.3 Å². The van der Waals surface area contributed by atoms with E-state index in [1.54, 1.807) is 0 Å². The van der Waals surface area contributed by atoms with Crippen LogP contribution in [-0.2, 0) is 6.54 Å². The Kier molecular flexibility index (Phi) is 3.50. The van der Waals surface area contributed by atoms with E-state index in [1.807, 2.05) is 0 Å². The number of hydrogen-bond donors (Lipinski definition) is 3. The SMILES string of the molecule is Oc1ccc(CNc2cc(F)c(F)c(F)c2)c(O)c1. The summed E-state index contributed by atoms with van der Waals surface area (Å²) in [5, 5.41) is 21.3.